The van der Waals surface area contributed by atoms with Crippen molar-refractivity contribution in [2.24, 2.45) is 0 Å². The number of H-pyrrole nitrogens is 1. The summed E-state index contributed by atoms with van der Waals surface area (Å²) in [6, 6.07) is 7.51. The van der Waals surface area contributed by atoms with E-state index >= 15 is 0 Å². The Kier molecular flexibility index (Phi) is 4.03. The van der Waals surface area contributed by atoms with Crippen LogP contribution in [0.5, 0.6) is 0 Å². The largest absolute Gasteiger partial charge is 0.356 e. The first-order valence-electron chi connectivity index (χ1n) is 6.62. The Balaban J connectivity index is 2.25. The zero-order valence-corrected chi connectivity index (χ0v) is 11.9. The second kappa shape index (κ2) is 5.74. The fourth-order valence-corrected chi connectivity index (χ4v) is 2.11. The molecular weight excluding hydrogens is 252 g/mol. The summed E-state index contributed by atoms with van der Waals surface area (Å²) in [7, 11) is 0. The molecule has 0 spiro atoms. The Hall–Kier alpha value is -2.36. The molecule has 4 nitrogen and oxygen atoms in total. The van der Waals surface area contributed by atoms with Crippen molar-refractivity contribution in [3.05, 3.63) is 52.8 Å². The first-order valence-corrected chi connectivity index (χ1v) is 6.62. The Morgan fingerprint density at radius 3 is 2.65 bits per heavy atom. The monoisotopic (exact) mass is 270 g/mol. The minimum Gasteiger partial charge on any atom is -0.356 e. The lowest BCUT2D eigenvalue weighted by atomic mass is 10.1. The molecule has 1 aromatic heterocycles. The van der Waals surface area contributed by atoms with E-state index in [1.54, 1.807) is 12.3 Å². The second-order valence-corrected chi connectivity index (χ2v) is 4.77. The van der Waals surface area contributed by atoms with E-state index in [9.17, 15) is 9.59 Å². The third kappa shape index (κ3) is 2.79. The number of carbonyl (C=O) groups excluding carboxylic acids is 2. The van der Waals surface area contributed by atoms with Gasteiger partial charge in [-0.2, -0.15) is 0 Å². The number of amides is 1. The molecule has 2 N–H and O–H groups in total. The van der Waals surface area contributed by atoms with E-state index in [-0.39, 0.29) is 11.7 Å². The summed E-state index contributed by atoms with van der Waals surface area (Å²) < 4.78 is 0. The molecule has 0 aliphatic heterocycles. The van der Waals surface area contributed by atoms with Gasteiger partial charge in [-0.15, -0.1) is 0 Å². The summed E-state index contributed by atoms with van der Waals surface area (Å²) in [5.41, 5.74) is 3.86. The van der Waals surface area contributed by atoms with Gasteiger partial charge in [-0.3, -0.25) is 9.59 Å². The maximum absolute atomic E-state index is 12.2. The number of rotatable bonds is 4. The molecule has 0 unspecified atom stereocenters. The lowest BCUT2D eigenvalue weighted by molar-refractivity contribution is 0.101. The lowest BCUT2D eigenvalue weighted by Crippen LogP contribution is -2.14. The van der Waals surface area contributed by atoms with Crippen LogP contribution in [0, 0.1) is 6.92 Å². The molecule has 0 aliphatic carbocycles. The van der Waals surface area contributed by atoms with Gasteiger partial charge in [0.1, 0.15) is 5.69 Å². The summed E-state index contributed by atoms with van der Waals surface area (Å²) in [6.45, 7) is 5.48. The standard InChI is InChI=1S/C16H18N2O2/c1-4-12-7-5-6-10(2)15(12)18-16(20)14-8-13(9-17-14)11(3)19/h5-9,17H,4H2,1-3H3,(H,18,20). The maximum Gasteiger partial charge on any atom is 0.272 e. The average molecular weight is 270 g/mol. The Morgan fingerprint density at radius 2 is 2.05 bits per heavy atom. The molecule has 1 aromatic carbocycles. The molecule has 0 saturated heterocycles. The van der Waals surface area contributed by atoms with Crippen LogP contribution in [0.4, 0.5) is 5.69 Å². The average Bonchev–Trinajstić information content (AvgIpc) is 2.91. The predicted molar refractivity (Wildman–Crippen MR) is 79.3 cm³/mol. The van der Waals surface area contributed by atoms with Gasteiger partial charge in [-0.25, -0.2) is 0 Å². The van der Waals surface area contributed by atoms with Crippen molar-refractivity contribution in [3.8, 4) is 0 Å². The number of aromatic amines is 1. The van der Waals surface area contributed by atoms with Gasteiger partial charge in [-0.05, 0) is 37.5 Å². The topological polar surface area (TPSA) is 62.0 Å². The quantitative estimate of drug-likeness (QED) is 0.837. The smallest absolute Gasteiger partial charge is 0.272 e. The summed E-state index contributed by atoms with van der Waals surface area (Å²) in [4.78, 5) is 26.3. The highest BCUT2D eigenvalue weighted by Gasteiger charge is 2.13. The van der Waals surface area contributed by atoms with Gasteiger partial charge in [0.2, 0.25) is 0 Å². The highest BCUT2D eigenvalue weighted by Crippen LogP contribution is 2.21. The van der Waals surface area contributed by atoms with Gasteiger partial charge >= 0.3 is 0 Å². The number of Topliss-reactive ketones (excluding diaryl/α,β-unsaturated/α-hetero) is 1. The van der Waals surface area contributed by atoms with Crippen LogP contribution in [0.15, 0.2) is 30.5 Å². The van der Waals surface area contributed by atoms with Gasteiger partial charge in [0.15, 0.2) is 5.78 Å². The first-order chi connectivity index (χ1) is 9.52. The molecule has 0 saturated carbocycles. The number of anilines is 1. The highest BCUT2D eigenvalue weighted by atomic mass is 16.2. The number of hydrogen-bond donors (Lipinski definition) is 2. The van der Waals surface area contributed by atoms with Crippen molar-refractivity contribution in [1.82, 2.24) is 4.98 Å². The fraction of sp³-hybridized carbons (Fsp3) is 0.250. The van der Waals surface area contributed by atoms with Crippen molar-refractivity contribution in [1.29, 1.82) is 0 Å². The number of benzene rings is 1. The summed E-state index contributed by atoms with van der Waals surface area (Å²) in [5.74, 6) is -0.299. The third-order valence-electron chi connectivity index (χ3n) is 3.31. The SMILES string of the molecule is CCc1cccc(C)c1NC(=O)c1cc(C(C)=O)c[nH]1. The number of hydrogen-bond acceptors (Lipinski definition) is 2. The minimum absolute atomic E-state index is 0.0644. The molecule has 2 rings (SSSR count). The number of nitrogens with one attached hydrogen (secondary N) is 2. The Bertz CT molecular complexity index is 656. The van der Waals surface area contributed by atoms with Gasteiger partial charge in [0.05, 0.1) is 0 Å². The molecule has 0 fully saturated rings. The van der Waals surface area contributed by atoms with Gasteiger partial charge in [0.25, 0.3) is 5.91 Å². The van der Waals surface area contributed by atoms with Crippen LogP contribution in [0.1, 0.15) is 45.8 Å². The van der Waals surface area contributed by atoms with E-state index in [1.165, 1.54) is 6.92 Å². The van der Waals surface area contributed by atoms with Gasteiger partial charge < -0.3 is 10.3 Å². The molecule has 0 atom stereocenters. The summed E-state index contributed by atoms with van der Waals surface area (Å²) in [5, 5.41) is 2.92. The molecule has 2 aromatic rings. The van der Waals surface area contributed by atoms with Crippen LogP contribution in [-0.2, 0) is 6.42 Å². The van der Waals surface area contributed by atoms with Crippen molar-refractivity contribution in [3.63, 3.8) is 0 Å². The van der Waals surface area contributed by atoms with Crippen LogP contribution in [0.25, 0.3) is 0 Å². The molecule has 0 bridgehead atoms. The molecular formula is C16H18N2O2. The van der Waals surface area contributed by atoms with E-state index < -0.39 is 0 Å². The van der Waals surface area contributed by atoms with Crippen molar-refractivity contribution >= 4 is 17.4 Å². The molecule has 1 heterocycles. The third-order valence-corrected chi connectivity index (χ3v) is 3.31. The highest BCUT2D eigenvalue weighted by molar-refractivity contribution is 6.05. The number of carbonyl (C=O) groups is 2. The number of aryl methyl sites for hydroxylation is 2. The van der Waals surface area contributed by atoms with E-state index in [4.69, 9.17) is 0 Å². The maximum atomic E-state index is 12.2. The van der Waals surface area contributed by atoms with E-state index in [2.05, 4.69) is 10.3 Å². The summed E-state index contributed by atoms with van der Waals surface area (Å²) >= 11 is 0. The number of aromatic nitrogens is 1. The van der Waals surface area contributed by atoms with Crippen molar-refractivity contribution in [2.75, 3.05) is 5.32 Å². The minimum atomic E-state index is -0.235. The van der Waals surface area contributed by atoms with Crippen LogP contribution < -0.4 is 5.32 Å². The molecule has 1 amide bonds. The first kappa shape index (κ1) is 14.1. The van der Waals surface area contributed by atoms with E-state index in [0.717, 1.165) is 23.2 Å². The van der Waals surface area contributed by atoms with Gasteiger partial charge in [0, 0.05) is 17.4 Å². The van der Waals surface area contributed by atoms with Crippen LogP contribution >= 0.6 is 0 Å². The number of para-hydroxylation sites is 1. The van der Waals surface area contributed by atoms with Crippen LogP contribution in [0.3, 0.4) is 0 Å². The molecule has 20 heavy (non-hydrogen) atoms. The number of ketones is 1. The lowest BCUT2D eigenvalue weighted by Gasteiger charge is -2.12. The molecule has 4 heteroatoms. The van der Waals surface area contributed by atoms with Crippen LogP contribution in [0.2, 0.25) is 0 Å². The van der Waals surface area contributed by atoms with E-state index in [1.807, 2.05) is 32.0 Å². The normalized spacial score (nSPS) is 10.3. The fourth-order valence-electron chi connectivity index (χ4n) is 2.11. The van der Waals surface area contributed by atoms with E-state index in [0.29, 0.717) is 11.3 Å². The summed E-state index contributed by atoms with van der Waals surface area (Å²) in [6.07, 6.45) is 2.40. The van der Waals surface area contributed by atoms with Crippen molar-refractivity contribution < 1.29 is 9.59 Å². The Morgan fingerprint density at radius 1 is 1.30 bits per heavy atom. The molecule has 0 radical (unpaired) electrons. The molecule has 104 valence electrons. The predicted octanol–water partition coefficient (Wildman–Crippen LogP) is 3.34. The van der Waals surface area contributed by atoms with Crippen LogP contribution in [-0.4, -0.2) is 16.7 Å². The molecule has 0 aliphatic rings. The Labute approximate surface area is 118 Å². The van der Waals surface area contributed by atoms with Gasteiger partial charge in [-0.1, -0.05) is 25.1 Å². The second-order valence-electron chi connectivity index (χ2n) is 4.77. The zero-order valence-electron chi connectivity index (χ0n) is 11.9. The van der Waals surface area contributed by atoms with Crippen molar-refractivity contribution in [2.45, 2.75) is 27.2 Å². The zero-order chi connectivity index (χ0) is 14.7.